The lowest BCUT2D eigenvalue weighted by Crippen LogP contribution is -2.45. The van der Waals surface area contributed by atoms with Crippen molar-refractivity contribution in [1.82, 2.24) is 5.32 Å². The van der Waals surface area contributed by atoms with E-state index >= 15 is 0 Å². The number of nitrogens with zero attached hydrogens (tertiary/aromatic N) is 1. The fourth-order valence-electron chi connectivity index (χ4n) is 3.49. The first-order valence-electron chi connectivity index (χ1n) is 13.6. The van der Waals surface area contributed by atoms with Gasteiger partial charge in [-0.2, -0.15) is 0 Å². The molecule has 2 N–H and O–H groups in total. The highest BCUT2D eigenvalue weighted by atomic mass is 31.2. The van der Waals surface area contributed by atoms with Crippen LogP contribution >= 0.6 is 7.82 Å². The molecule has 0 aromatic rings. The molecule has 0 aliphatic rings. The number of unbranched alkanes of at least 4 members (excludes halogenated alkanes) is 10. The Morgan fingerprint density at radius 3 is 2.08 bits per heavy atom. The van der Waals surface area contributed by atoms with Gasteiger partial charge >= 0.3 is 0 Å². The summed E-state index contributed by atoms with van der Waals surface area (Å²) in [5, 5.41) is 12.9. The number of phosphoric ester groups is 1. The second-order valence-electron chi connectivity index (χ2n) is 10.5. The van der Waals surface area contributed by atoms with E-state index in [1.807, 2.05) is 27.2 Å². The molecule has 0 saturated carbocycles. The van der Waals surface area contributed by atoms with Gasteiger partial charge in [0.25, 0.3) is 7.82 Å². The summed E-state index contributed by atoms with van der Waals surface area (Å²) in [4.78, 5) is 23.5. The van der Waals surface area contributed by atoms with E-state index in [-0.39, 0.29) is 12.5 Å². The lowest BCUT2D eigenvalue weighted by Gasteiger charge is -2.29. The van der Waals surface area contributed by atoms with Crippen molar-refractivity contribution in [2.24, 2.45) is 0 Å². The van der Waals surface area contributed by atoms with Gasteiger partial charge in [-0.1, -0.05) is 82.6 Å². The molecule has 212 valence electrons. The third-order valence-corrected chi connectivity index (χ3v) is 6.66. The van der Waals surface area contributed by atoms with E-state index in [4.69, 9.17) is 9.05 Å². The van der Waals surface area contributed by atoms with Gasteiger partial charge in [0.05, 0.1) is 39.9 Å². The summed E-state index contributed by atoms with van der Waals surface area (Å²) in [6.07, 6.45) is 21.3. The lowest BCUT2D eigenvalue weighted by atomic mass is 10.1. The average molecular weight is 533 g/mol. The number of quaternary nitrogens is 1. The first kappa shape index (κ1) is 35.0. The highest BCUT2D eigenvalue weighted by Gasteiger charge is 2.22. The van der Waals surface area contributed by atoms with Crippen LogP contribution in [0.3, 0.4) is 0 Å². The Kier molecular flexibility index (Phi) is 20.4. The van der Waals surface area contributed by atoms with Crippen molar-refractivity contribution < 1.29 is 32.9 Å². The summed E-state index contributed by atoms with van der Waals surface area (Å²) in [6, 6.07) is -0.898. The van der Waals surface area contributed by atoms with Crippen molar-refractivity contribution in [2.75, 3.05) is 40.9 Å². The lowest BCUT2D eigenvalue weighted by molar-refractivity contribution is -0.870. The zero-order valence-corrected chi connectivity index (χ0v) is 24.3. The van der Waals surface area contributed by atoms with Crippen molar-refractivity contribution in [1.29, 1.82) is 0 Å². The molecule has 0 heterocycles. The van der Waals surface area contributed by atoms with E-state index < -0.39 is 26.6 Å². The summed E-state index contributed by atoms with van der Waals surface area (Å²) in [6.45, 7) is 3.62. The number of carbonyl (C=O) groups excluding carboxylic acids is 1. The molecule has 9 heteroatoms. The van der Waals surface area contributed by atoms with Gasteiger partial charge < -0.3 is 28.8 Å². The fraction of sp³-hybridized carbons (Fsp3) is 0.815. The van der Waals surface area contributed by atoms with E-state index in [0.717, 1.165) is 19.3 Å². The van der Waals surface area contributed by atoms with Crippen LogP contribution in [0.25, 0.3) is 0 Å². The molecule has 0 spiro atoms. The highest BCUT2D eigenvalue weighted by Crippen LogP contribution is 2.38. The van der Waals surface area contributed by atoms with Gasteiger partial charge in [0.15, 0.2) is 0 Å². The summed E-state index contributed by atoms with van der Waals surface area (Å²) >= 11 is 0. The van der Waals surface area contributed by atoms with Crippen molar-refractivity contribution in [3.63, 3.8) is 0 Å². The SMILES string of the molecule is CCCCCCCCCCC/C=C/CC/C=C/C(O)C(COP(=O)([O-])OCC[N+](C)(C)C)NC(C)=O. The third-order valence-electron chi connectivity index (χ3n) is 5.70. The summed E-state index contributed by atoms with van der Waals surface area (Å²) < 4.78 is 22.3. The van der Waals surface area contributed by atoms with Crippen LogP contribution in [0.4, 0.5) is 0 Å². The quantitative estimate of drug-likeness (QED) is 0.0841. The van der Waals surface area contributed by atoms with Gasteiger partial charge in [-0.3, -0.25) is 9.36 Å². The minimum atomic E-state index is -4.53. The van der Waals surface area contributed by atoms with E-state index in [1.54, 1.807) is 6.08 Å². The van der Waals surface area contributed by atoms with Crippen LogP contribution in [0.2, 0.25) is 0 Å². The fourth-order valence-corrected chi connectivity index (χ4v) is 4.22. The topological polar surface area (TPSA) is 108 Å². The Labute approximate surface area is 220 Å². The Morgan fingerprint density at radius 2 is 1.50 bits per heavy atom. The molecule has 8 nitrogen and oxygen atoms in total. The number of likely N-dealkylation sites (N-methyl/N-ethyl adjacent to an activating group) is 1. The van der Waals surface area contributed by atoms with Crippen LogP contribution in [0, 0.1) is 0 Å². The second-order valence-corrected chi connectivity index (χ2v) is 11.9. The molecule has 0 fully saturated rings. The normalized spacial score (nSPS) is 15.9. The monoisotopic (exact) mass is 532 g/mol. The molecule has 0 rings (SSSR count). The molecule has 0 aliphatic heterocycles. The predicted octanol–water partition coefficient (Wildman–Crippen LogP) is 4.87. The number of nitrogens with one attached hydrogen (secondary N) is 1. The summed E-state index contributed by atoms with van der Waals surface area (Å²) in [5.41, 5.74) is 0. The largest absolute Gasteiger partial charge is 0.756 e. The smallest absolute Gasteiger partial charge is 0.268 e. The minimum Gasteiger partial charge on any atom is -0.756 e. The number of rotatable bonds is 23. The van der Waals surface area contributed by atoms with E-state index in [1.165, 1.54) is 64.7 Å². The van der Waals surface area contributed by atoms with Crippen molar-refractivity contribution in [2.45, 2.75) is 103 Å². The maximum absolute atomic E-state index is 12.0. The third kappa shape index (κ3) is 23.4. The summed E-state index contributed by atoms with van der Waals surface area (Å²) in [7, 11) is 1.23. The van der Waals surface area contributed by atoms with Gasteiger partial charge in [0.1, 0.15) is 13.2 Å². The molecule has 3 unspecified atom stereocenters. The van der Waals surface area contributed by atoms with E-state index in [9.17, 15) is 19.4 Å². The van der Waals surface area contributed by atoms with Gasteiger partial charge in [-0.15, -0.1) is 0 Å². The van der Waals surface area contributed by atoms with Crippen molar-refractivity contribution in [3.05, 3.63) is 24.3 Å². The van der Waals surface area contributed by atoms with Crippen LogP contribution in [-0.4, -0.2) is 68.5 Å². The van der Waals surface area contributed by atoms with Gasteiger partial charge in [-0.25, -0.2) is 0 Å². The maximum Gasteiger partial charge on any atom is 0.268 e. The van der Waals surface area contributed by atoms with Crippen LogP contribution in [0.15, 0.2) is 24.3 Å². The first-order chi connectivity index (χ1) is 17.0. The van der Waals surface area contributed by atoms with E-state index in [2.05, 4.69) is 24.4 Å². The second kappa shape index (κ2) is 21.0. The molecule has 0 aromatic heterocycles. The summed E-state index contributed by atoms with van der Waals surface area (Å²) in [5.74, 6) is -0.387. The van der Waals surface area contributed by atoms with Crippen molar-refractivity contribution in [3.8, 4) is 0 Å². The number of phosphoric acid groups is 1. The van der Waals surface area contributed by atoms with Crippen LogP contribution < -0.4 is 10.2 Å². The average Bonchev–Trinajstić information content (AvgIpc) is 2.77. The van der Waals surface area contributed by atoms with Crippen LogP contribution in [0.1, 0.15) is 90.9 Å². The molecular formula is C27H53N2O6P. The molecule has 1 amide bonds. The number of allylic oxidation sites excluding steroid dienone is 3. The molecule has 0 saturated heterocycles. The Bertz CT molecular complexity index is 663. The molecule has 0 aromatic carbocycles. The van der Waals surface area contributed by atoms with E-state index in [0.29, 0.717) is 11.0 Å². The zero-order valence-electron chi connectivity index (χ0n) is 23.5. The standard InChI is InChI=1S/C27H53N2O6P/c1-6-7-8-9-10-11-12-13-14-15-16-17-18-19-20-21-27(31)26(28-25(2)30)24-35-36(32,33)34-23-22-29(3,4)5/h16-17,20-21,26-27,31H,6-15,18-19,22-24H2,1-5H3,(H-,28,30,32,33)/b17-16+,21-20+. The number of hydrogen-bond donors (Lipinski definition) is 2. The number of hydrogen-bond acceptors (Lipinski definition) is 6. The van der Waals surface area contributed by atoms with Crippen LogP contribution in [0.5, 0.6) is 0 Å². The molecule has 0 bridgehead atoms. The molecule has 0 aliphatic carbocycles. The Hall–Kier alpha value is -1.02. The number of amides is 1. The number of aliphatic hydroxyl groups excluding tert-OH is 1. The maximum atomic E-state index is 12.0. The minimum absolute atomic E-state index is 0.00974. The number of carbonyl (C=O) groups is 1. The van der Waals surface area contributed by atoms with Gasteiger partial charge in [0, 0.05) is 6.92 Å². The Morgan fingerprint density at radius 1 is 0.944 bits per heavy atom. The van der Waals surface area contributed by atoms with Gasteiger partial charge in [-0.05, 0) is 25.7 Å². The molecule has 36 heavy (non-hydrogen) atoms. The molecule has 3 atom stereocenters. The zero-order chi connectivity index (χ0) is 27.3. The Balaban J connectivity index is 4.17. The number of aliphatic hydroxyl groups is 1. The van der Waals surface area contributed by atoms with Crippen molar-refractivity contribution >= 4 is 13.7 Å². The van der Waals surface area contributed by atoms with Crippen LogP contribution in [-0.2, 0) is 18.4 Å². The predicted molar refractivity (Wildman–Crippen MR) is 145 cm³/mol. The van der Waals surface area contributed by atoms with Gasteiger partial charge in [0.2, 0.25) is 5.91 Å². The molecule has 0 radical (unpaired) electrons. The molecular weight excluding hydrogens is 479 g/mol. The first-order valence-corrected chi connectivity index (χ1v) is 15.1. The highest BCUT2D eigenvalue weighted by molar-refractivity contribution is 7.45.